The zero-order valence-electron chi connectivity index (χ0n) is 8.89. The molecular formula is C11H15F2NO. The summed E-state index contributed by atoms with van der Waals surface area (Å²) in [5.41, 5.74) is 0.295. The fraction of sp³-hybridized carbons (Fsp3) is 0.455. The fourth-order valence-corrected chi connectivity index (χ4v) is 1.11. The highest BCUT2D eigenvalue weighted by atomic mass is 19.1. The molecule has 2 nitrogen and oxygen atoms in total. The summed E-state index contributed by atoms with van der Waals surface area (Å²) in [5.74, 6) is -1.16. The predicted molar refractivity (Wildman–Crippen MR) is 55.9 cm³/mol. The molecule has 84 valence electrons. The molecule has 1 aromatic rings. The van der Waals surface area contributed by atoms with Gasteiger partial charge >= 0.3 is 0 Å². The summed E-state index contributed by atoms with van der Waals surface area (Å²) in [6.45, 7) is 4.85. The average molecular weight is 215 g/mol. The third-order valence-electron chi connectivity index (χ3n) is 1.80. The molecule has 1 aromatic carbocycles. The molecule has 1 rings (SSSR count). The zero-order valence-corrected chi connectivity index (χ0v) is 8.89. The molecule has 0 amide bonds. The van der Waals surface area contributed by atoms with E-state index in [-0.39, 0.29) is 6.10 Å². The standard InChI is InChI=1S/C11H15F2NO/c1-8(2)15-6-5-14-11-4-3-9(12)7-10(11)13/h3-4,7-8,14H,5-6H2,1-2H3. The van der Waals surface area contributed by atoms with E-state index < -0.39 is 11.6 Å². The summed E-state index contributed by atoms with van der Waals surface area (Å²) in [6.07, 6.45) is 0.157. The average Bonchev–Trinajstić information content (AvgIpc) is 2.14. The lowest BCUT2D eigenvalue weighted by molar-refractivity contribution is 0.0870. The number of hydrogen-bond donors (Lipinski definition) is 1. The first-order valence-corrected chi connectivity index (χ1v) is 4.90. The Balaban J connectivity index is 2.37. The van der Waals surface area contributed by atoms with Crippen LogP contribution in [0.2, 0.25) is 0 Å². The van der Waals surface area contributed by atoms with Crippen molar-refractivity contribution in [1.29, 1.82) is 0 Å². The maximum absolute atomic E-state index is 13.1. The second kappa shape index (κ2) is 5.66. The van der Waals surface area contributed by atoms with Crippen LogP contribution in [-0.4, -0.2) is 19.3 Å². The Morgan fingerprint density at radius 2 is 2.07 bits per heavy atom. The molecule has 0 spiro atoms. The minimum absolute atomic E-state index is 0.157. The number of ether oxygens (including phenoxy) is 1. The van der Waals surface area contributed by atoms with E-state index in [2.05, 4.69) is 5.32 Å². The van der Waals surface area contributed by atoms with E-state index >= 15 is 0 Å². The Bertz CT molecular complexity index is 315. The molecule has 0 saturated carbocycles. The van der Waals surface area contributed by atoms with Gasteiger partial charge in [0.25, 0.3) is 0 Å². The minimum Gasteiger partial charge on any atom is -0.380 e. The molecule has 15 heavy (non-hydrogen) atoms. The molecule has 1 N–H and O–H groups in total. The summed E-state index contributed by atoms with van der Waals surface area (Å²) in [6, 6.07) is 3.44. The van der Waals surface area contributed by atoms with Crippen LogP contribution in [0.4, 0.5) is 14.5 Å². The monoisotopic (exact) mass is 215 g/mol. The molecule has 0 unspecified atom stereocenters. The second-order valence-corrected chi connectivity index (χ2v) is 3.47. The van der Waals surface area contributed by atoms with Crippen molar-refractivity contribution in [3.8, 4) is 0 Å². The van der Waals surface area contributed by atoms with Gasteiger partial charge in [0, 0.05) is 12.6 Å². The largest absolute Gasteiger partial charge is 0.380 e. The van der Waals surface area contributed by atoms with Crippen LogP contribution >= 0.6 is 0 Å². The predicted octanol–water partition coefficient (Wildman–Crippen LogP) is 2.80. The van der Waals surface area contributed by atoms with Gasteiger partial charge < -0.3 is 10.1 Å². The molecular weight excluding hydrogens is 200 g/mol. The van der Waals surface area contributed by atoms with Gasteiger partial charge in [-0.1, -0.05) is 0 Å². The Morgan fingerprint density at radius 3 is 2.67 bits per heavy atom. The highest BCUT2D eigenvalue weighted by molar-refractivity contribution is 5.44. The molecule has 0 aromatic heterocycles. The van der Waals surface area contributed by atoms with Crippen molar-refractivity contribution in [3.63, 3.8) is 0 Å². The topological polar surface area (TPSA) is 21.3 Å². The van der Waals surface area contributed by atoms with Crippen molar-refractivity contribution in [2.75, 3.05) is 18.5 Å². The first-order chi connectivity index (χ1) is 7.09. The van der Waals surface area contributed by atoms with Gasteiger partial charge in [-0.25, -0.2) is 8.78 Å². The highest BCUT2D eigenvalue weighted by Crippen LogP contribution is 2.14. The van der Waals surface area contributed by atoms with E-state index in [1.165, 1.54) is 12.1 Å². The van der Waals surface area contributed by atoms with Gasteiger partial charge in [0.05, 0.1) is 18.4 Å². The molecule has 0 aliphatic carbocycles. The SMILES string of the molecule is CC(C)OCCNc1ccc(F)cc1F. The number of nitrogens with one attached hydrogen (secondary N) is 1. The van der Waals surface area contributed by atoms with E-state index in [0.717, 1.165) is 6.07 Å². The van der Waals surface area contributed by atoms with E-state index in [1.54, 1.807) is 0 Å². The number of rotatable bonds is 5. The van der Waals surface area contributed by atoms with Crippen LogP contribution in [-0.2, 0) is 4.74 Å². The number of hydrogen-bond acceptors (Lipinski definition) is 2. The Morgan fingerprint density at radius 1 is 1.33 bits per heavy atom. The van der Waals surface area contributed by atoms with Crippen molar-refractivity contribution in [1.82, 2.24) is 0 Å². The van der Waals surface area contributed by atoms with Gasteiger partial charge in [0.1, 0.15) is 11.6 Å². The molecule has 0 saturated heterocycles. The number of benzene rings is 1. The quantitative estimate of drug-likeness (QED) is 0.762. The zero-order chi connectivity index (χ0) is 11.3. The van der Waals surface area contributed by atoms with Crippen LogP contribution in [0, 0.1) is 11.6 Å². The number of anilines is 1. The molecule has 0 atom stereocenters. The fourth-order valence-electron chi connectivity index (χ4n) is 1.11. The summed E-state index contributed by atoms with van der Waals surface area (Å²) in [7, 11) is 0. The lowest BCUT2D eigenvalue weighted by atomic mass is 10.3. The summed E-state index contributed by atoms with van der Waals surface area (Å²) >= 11 is 0. The first kappa shape index (κ1) is 11.9. The van der Waals surface area contributed by atoms with E-state index in [0.29, 0.717) is 18.8 Å². The normalized spacial score (nSPS) is 10.7. The van der Waals surface area contributed by atoms with Gasteiger partial charge in [-0.3, -0.25) is 0 Å². The number of halogens is 2. The third-order valence-corrected chi connectivity index (χ3v) is 1.80. The first-order valence-electron chi connectivity index (χ1n) is 4.90. The van der Waals surface area contributed by atoms with Gasteiger partial charge in [0.2, 0.25) is 0 Å². The van der Waals surface area contributed by atoms with Crippen molar-refractivity contribution in [2.45, 2.75) is 20.0 Å². The van der Waals surface area contributed by atoms with Gasteiger partial charge in [-0.2, -0.15) is 0 Å². The van der Waals surface area contributed by atoms with E-state index in [4.69, 9.17) is 4.74 Å². The van der Waals surface area contributed by atoms with Crippen LogP contribution in [0.3, 0.4) is 0 Å². The smallest absolute Gasteiger partial charge is 0.149 e. The van der Waals surface area contributed by atoms with Crippen LogP contribution < -0.4 is 5.32 Å². The van der Waals surface area contributed by atoms with Crippen molar-refractivity contribution in [2.24, 2.45) is 0 Å². The molecule has 0 bridgehead atoms. The van der Waals surface area contributed by atoms with Gasteiger partial charge in [-0.15, -0.1) is 0 Å². The van der Waals surface area contributed by atoms with Crippen molar-refractivity contribution >= 4 is 5.69 Å². The van der Waals surface area contributed by atoms with E-state index in [1.807, 2.05) is 13.8 Å². The van der Waals surface area contributed by atoms with Crippen molar-refractivity contribution in [3.05, 3.63) is 29.8 Å². The van der Waals surface area contributed by atoms with Crippen LogP contribution in [0.15, 0.2) is 18.2 Å². The maximum atomic E-state index is 13.1. The highest BCUT2D eigenvalue weighted by Gasteiger charge is 2.02. The summed E-state index contributed by atoms with van der Waals surface area (Å²) in [4.78, 5) is 0. The molecule has 0 aliphatic rings. The third kappa shape index (κ3) is 4.25. The van der Waals surface area contributed by atoms with Gasteiger partial charge in [-0.05, 0) is 26.0 Å². The lowest BCUT2D eigenvalue weighted by Gasteiger charge is -2.10. The Kier molecular flexibility index (Phi) is 4.49. The minimum atomic E-state index is -0.584. The Hall–Kier alpha value is -1.16. The summed E-state index contributed by atoms with van der Waals surface area (Å²) in [5, 5.41) is 2.83. The van der Waals surface area contributed by atoms with Crippen LogP contribution in [0.1, 0.15) is 13.8 Å². The van der Waals surface area contributed by atoms with Crippen LogP contribution in [0.25, 0.3) is 0 Å². The second-order valence-electron chi connectivity index (χ2n) is 3.47. The van der Waals surface area contributed by atoms with E-state index in [9.17, 15) is 8.78 Å². The van der Waals surface area contributed by atoms with Gasteiger partial charge in [0.15, 0.2) is 0 Å². The van der Waals surface area contributed by atoms with Crippen LogP contribution in [0.5, 0.6) is 0 Å². The molecule has 0 fully saturated rings. The molecule has 0 heterocycles. The summed E-state index contributed by atoms with van der Waals surface area (Å²) < 4.78 is 30.9. The molecule has 0 radical (unpaired) electrons. The van der Waals surface area contributed by atoms with Crippen molar-refractivity contribution < 1.29 is 13.5 Å². The lowest BCUT2D eigenvalue weighted by Crippen LogP contribution is -2.13. The Labute approximate surface area is 88.3 Å². The molecule has 0 aliphatic heterocycles. The molecule has 4 heteroatoms. The maximum Gasteiger partial charge on any atom is 0.149 e.